The van der Waals surface area contributed by atoms with Gasteiger partial charge >= 0.3 is 0 Å². The Morgan fingerprint density at radius 1 is 1.33 bits per heavy atom. The number of fused-ring (bicyclic) bond motifs is 1. The van der Waals surface area contributed by atoms with Crippen LogP contribution in [0.25, 0.3) is 0 Å². The number of hydrogen-bond acceptors (Lipinski definition) is 3. The van der Waals surface area contributed by atoms with Crippen molar-refractivity contribution >= 4 is 11.6 Å². The SMILES string of the molecule is NC1(C(=O)Nc2ccc3c(c2)CCO3)CCCC1. The molecule has 1 aliphatic carbocycles. The molecule has 96 valence electrons. The van der Waals surface area contributed by atoms with Crippen LogP contribution in [-0.2, 0) is 11.2 Å². The summed E-state index contributed by atoms with van der Waals surface area (Å²) >= 11 is 0. The zero-order valence-corrected chi connectivity index (χ0v) is 10.4. The van der Waals surface area contributed by atoms with Crippen molar-refractivity contribution in [3.05, 3.63) is 23.8 Å². The first-order chi connectivity index (χ1) is 8.67. The molecule has 0 spiro atoms. The average Bonchev–Trinajstić information content (AvgIpc) is 2.98. The van der Waals surface area contributed by atoms with E-state index in [1.807, 2.05) is 18.2 Å². The second-order valence-corrected chi connectivity index (χ2v) is 5.24. The lowest BCUT2D eigenvalue weighted by atomic mass is 9.98. The van der Waals surface area contributed by atoms with Gasteiger partial charge in [-0.15, -0.1) is 0 Å². The standard InChI is InChI=1S/C14H18N2O2/c15-14(6-1-2-7-14)13(17)16-11-3-4-12-10(9-11)5-8-18-12/h3-4,9H,1-2,5-8,15H2,(H,16,17). The van der Waals surface area contributed by atoms with Crippen LogP contribution in [0.4, 0.5) is 5.69 Å². The number of carbonyl (C=O) groups is 1. The maximum atomic E-state index is 12.2. The van der Waals surface area contributed by atoms with Crippen molar-refractivity contribution in [2.75, 3.05) is 11.9 Å². The largest absolute Gasteiger partial charge is 0.493 e. The van der Waals surface area contributed by atoms with E-state index in [0.29, 0.717) is 0 Å². The highest BCUT2D eigenvalue weighted by Crippen LogP contribution is 2.30. The molecule has 1 saturated carbocycles. The molecule has 4 nitrogen and oxygen atoms in total. The van der Waals surface area contributed by atoms with Gasteiger partial charge in [0.2, 0.25) is 5.91 Å². The summed E-state index contributed by atoms with van der Waals surface area (Å²) in [6.07, 6.45) is 4.57. The van der Waals surface area contributed by atoms with E-state index in [9.17, 15) is 4.79 Å². The topological polar surface area (TPSA) is 64.4 Å². The Kier molecular flexibility index (Phi) is 2.74. The van der Waals surface area contributed by atoms with Crippen molar-refractivity contribution in [2.45, 2.75) is 37.6 Å². The summed E-state index contributed by atoms with van der Waals surface area (Å²) in [7, 11) is 0. The smallest absolute Gasteiger partial charge is 0.244 e. The van der Waals surface area contributed by atoms with Gasteiger partial charge in [-0.2, -0.15) is 0 Å². The quantitative estimate of drug-likeness (QED) is 0.836. The Morgan fingerprint density at radius 2 is 2.11 bits per heavy atom. The fourth-order valence-electron chi connectivity index (χ4n) is 2.75. The van der Waals surface area contributed by atoms with E-state index < -0.39 is 5.54 Å². The Balaban J connectivity index is 1.74. The van der Waals surface area contributed by atoms with Crippen molar-refractivity contribution in [3.63, 3.8) is 0 Å². The van der Waals surface area contributed by atoms with E-state index in [4.69, 9.17) is 10.5 Å². The van der Waals surface area contributed by atoms with E-state index in [1.54, 1.807) is 0 Å². The number of amides is 1. The van der Waals surface area contributed by atoms with E-state index in [0.717, 1.165) is 55.7 Å². The number of benzene rings is 1. The predicted octanol–water partition coefficient (Wildman–Crippen LogP) is 1.83. The van der Waals surface area contributed by atoms with E-state index in [1.165, 1.54) is 0 Å². The molecule has 0 saturated heterocycles. The third-order valence-electron chi connectivity index (χ3n) is 3.90. The molecule has 1 aromatic carbocycles. The molecule has 0 unspecified atom stereocenters. The van der Waals surface area contributed by atoms with Gasteiger partial charge in [-0.1, -0.05) is 12.8 Å². The first-order valence-corrected chi connectivity index (χ1v) is 6.53. The number of hydrogen-bond donors (Lipinski definition) is 2. The summed E-state index contributed by atoms with van der Waals surface area (Å²) in [4.78, 5) is 12.2. The Bertz CT molecular complexity index is 479. The molecular weight excluding hydrogens is 228 g/mol. The molecule has 1 fully saturated rings. The number of carbonyl (C=O) groups excluding carboxylic acids is 1. The van der Waals surface area contributed by atoms with Gasteiger partial charge in [0.25, 0.3) is 0 Å². The Hall–Kier alpha value is -1.55. The number of nitrogens with one attached hydrogen (secondary N) is 1. The zero-order valence-electron chi connectivity index (χ0n) is 10.4. The van der Waals surface area contributed by atoms with Gasteiger partial charge in [0.15, 0.2) is 0 Å². The highest BCUT2D eigenvalue weighted by atomic mass is 16.5. The van der Waals surface area contributed by atoms with Gasteiger partial charge in [-0.25, -0.2) is 0 Å². The second-order valence-electron chi connectivity index (χ2n) is 5.24. The van der Waals surface area contributed by atoms with Crippen LogP contribution in [0.1, 0.15) is 31.2 Å². The summed E-state index contributed by atoms with van der Waals surface area (Å²) in [5, 5.41) is 2.93. The fourth-order valence-corrected chi connectivity index (χ4v) is 2.75. The van der Waals surface area contributed by atoms with E-state index in [-0.39, 0.29) is 5.91 Å². The molecule has 3 N–H and O–H groups in total. The van der Waals surface area contributed by atoms with Crippen molar-refractivity contribution in [3.8, 4) is 5.75 Å². The molecule has 0 radical (unpaired) electrons. The minimum atomic E-state index is -0.671. The van der Waals surface area contributed by atoms with Gasteiger partial charge in [0.1, 0.15) is 5.75 Å². The van der Waals surface area contributed by atoms with Crippen molar-refractivity contribution in [1.82, 2.24) is 0 Å². The zero-order chi connectivity index (χ0) is 12.6. The minimum Gasteiger partial charge on any atom is -0.493 e. The first kappa shape index (κ1) is 11.5. The predicted molar refractivity (Wildman–Crippen MR) is 69.7 cm³/mol. The number of ether oxygens (including phenoxy) is 1. The van der Waals surface area contributed by atoms with Crippen LogP contribution in [-0.4, -0.2) is 18.1 Å². The lowest BCUT2D eigenvalue weighted by Gasteiger charge is -2.22. The average molecular weight is 246 g/mol. The van der Waals surface area contributed by atoms with Crippen LogP contribution in [0, 0.1) is 0 Å². The van der Waals surface area contributed by atoms with Gasteiger partial charge in [-0.05, 0) is 36.6 Å². The molecule has 18 heavy (non-hydrogen) atoms. The molecule has 1 heterocycles. The molecule has 2 aliphatic rings. The van der Waals surface area contributed by atoms with Gasteiger partial charge in [0, 0.05) is 12.1 Å². The Morgan fingerprint density at radius 3 is 2.89 bits per heavy atom. The van der Waals surface area contributed by atoms with Crippen molar-refractivity contribution in [1.29, 1.82) is 0 Å². The van der Waals surface area contributed by atoms with Gasteiger partial charge in [0.05, 0.1) is 12.1 Å². The first-order valence-electron chi connectivity index (χ1n) is 6.53. The molecule has 0 bridgehead atoms. The normalized spacial score (nSPS) is 20.3. The highest BCUT2D eigenvalue weighted by molar-refractivity contribution is 5.98. The third kappa shape index (κ3) is 1.97. The van der Waals surface area contributed by atoms with Crippen LogP contribution in [0.15, 0.2) is 18.2 Å². The number of rotatable bonds is 2. The Labute approximate surface area is 107 Å². The van der Waals surface area contributed by atoms with E-state index in [2.05, 4.69) is 5.32 Å². The summed E-state index contributed by atoms with van der Waals surface area (Å²) in [5.41, 5.74) is 7.43. The van der Waals surface area contributed by atoms with Crippen LogP contribution < -0.4 is 15.8 Å². The summed E-state index contributed by atoms with van der Waals surface area (Å²) < 4.78 is 5.44. The molecule has 1 amide bonds. The maximum Gasteiger partial charge on any atom is 0.244 e. The summed E-state index contributed by atoms with van der Waals surface area (Å²) in [6.45, 7) is 0.730. The molecule has 4 heteroatoms. The molecule has 1 aromatic rings. The van der Waals surface area contributed by atoms with E-state index >= 15 is 0 Å². The van der Waals surface area contributed by atoms with Crippen LogP contribution in [0.2, 0.25) is 0 Å². The number of nitrogens with two attached hydrogens (primary N) is 1. The fraction of sp³-hybridized carbons (Fsp3) is 0.500. The molecule has 1 aliphatic heterocycles. The molecule has 3 rings (SSSR count). The van der Waals surface area contributed by atoms with Crippen molar-refractivity contribution < 1.29 is 9.53 Å². The van der Waals surface area contributed by atoms with Crippen molar-refractivity contribution in [2.24, 2.45) is 5.73 Å². The third-order valence-corrected chi connectivity index (χ3v) is 3.90. The molecular formula is C14H18N2O2. The molecule has 0 aromatic heterocycles. The summed E-state index contributed by atoms with van der Waals surface area (Å²) in [6, 6.07) is 5.77. The molecule has 0 atom stereocenters. The van der Waals surface area contributed by atoms with Crippen LogP contribution in [0.5, 0.6) is 5.75 Å². The minimum absolute atomic E-state index is 0.0566. The van der Waals surface area contributed by atoms with Gasteiger partial charge < -0.3 is 15.8 Å². The van der Waals surface area contributed by atoms with Crippen LogP contribution >= 0.6 is 0 Å². The lowest BCUT2D eigenvalue weighted by molar-refractivity contribution is -0.121. The monoisotopic (exact) mass is 246 g/mol. The number of anilines is 1. The lowest BCUT2D eigenvalue weighted by Crippen LogP contribution is -2.48. The maximum absolute atomic E-state index is 12.2. The summed E-state index contributed by atoms with van der Waals surface area (Å²) in [5.74, 6) is 0.871. The highest BCUT2D eigenvalue weighted by Gasteiger charge is 2.37. The van der Waals surface area contributed by atoms with Gasteiger partial charge in [-0.3, -0.25) is 4.79 Å². The second kappa shape index (κ2) is 4.28. The van der Waals surface area contributed by atoms with Crippen LogP contribution in [0.3, 0.4) is 0 Å².